The SMILES string of the molecule is Cc1cc(-c2nc3ccccc3c(=O)n2CCN2CCCC2)nn1C. The fraction of sp³-hybridized carbons (Fsp3) is 0.421. The summed E-state index contributed by atoms with van der Waals surface area (Å²) in [4.78, 5) is 20.3. The number of benzene rings is 1. The van der Waals surface area contributed by atoms with Crippen LogP contribution in [0.15, 0.2) is 35.1 Å². The van der Waals surface area contributed by atoms with Gasteiger partial charge in [-0.2, -0.15) is 5.10 Å². The zero-order valence-electron chi connectivity index (χ0n) is 14.8. The van der Waals surface area contributed by atoms with E-state index in [1.807, 2.05) is 49.0 Å². The number of fused-ring (bicyclic) bond motifs is 1. The lowest BCUT2D eigenvalue weighted by atomic mass is 10.2. The minimum atomic E-state index is 0.0168. The summed E-state index contributed by atoms with van der Waals surface area (Å²) in [5.41, 5.74) is 2.54. The van der Waals surface area contributed by atoms with Crippen LogP contribution in [0.2, 0.25) is 0 Å². The van der Waals surface area contributed by atoms with Crippen molar-refractivity contribution in [2.45, 2.75) is 26.3 Å². The Morgan fingerprint density at radius 1 is 1.12 bits per heavy atom. The number of aromatic nitrogens is 4. The third-order valence-corrected chi connectivity index (χ3v) is 5.04. The van der Waals surface area contributed by atoms with Gasteiger partial charge in [0.1, 0.15) is 5.69 Å². The molecular weight excluding hydrogens is 314 g/mol. The van der Waals surface area contributed by atoms with E-state index in [4.69, 9.17) is 4.98 Å². The smallest absolute Gasteiger partial charge is 0.261 e. The maximum absolute atomic E-state index is 13.1. The Labute approximate surface area is 146 Å². The van der Waals surface area contributed by atoms with E-state index in [1.165, 1.54) is 12.8 Å². The van der Waals surface area contributed by atoms with Gasteiger partial charge in [-0.05, 0) is 51.1 Å². The molecule has 1 saturated heterocycles. The van der Waals surface area contributed by atoms with Gasteiger partial charge in [0.15, 0.2) is 5.82 Å². The van der Waals surface area contributed by atoms with Crippen molar-refractivity contribution in [3.8, 4) is 11.5 Å². The molecule has 0 radical (unpaired) electrons. The van der Waals surface area contributed by atoms with Gasteiger partial charge in [0, 0.05) is 25.8 Å². The highest BCUT2D eigenvalue weighted by molar-refractivity contribution is 5.79. The molecule has 6 heteroatoms. The fourth-order valence-corrected chi connectivity index (χ4v) is 3.49. The maximum Gasteiger partial charge on any atom is 0.261 e. The van der Waals surface area contributed by atoms with Crippen molar-refractivity contribution in [1.29, 1.82) is 0 Å². The lowest BCUT2D eigenvalue weighted by Crippen LogP contribution is -2.31. The molecule has 1 fully saturated rings. The van der Waals surface area contributed by atoms with Gasteiger partial charge in [0.25, 0.3) is 5.56 Å². The number of nitrogens with zero attached hydrogens (tertiary/aromatic N) is 5. The van der Waals surface area contributed by atoms with Crippen molar-refractivity contribution < 1.29 is 0 Å². The number of hydrogen-bond acceptors (Lipinski definition) is 4. The first-order valence-electron chi connectivity index (χ1n) is 8.86. The van der Waals surface area contributed by atoms with Crippen LogP contribution in [-0.2, 0) is 13.6 Å². The van der Waals surface area contributed by atoms with E-state index in [0.29, 0.717) is 17.8 Å². The van der Waals surface area contributed by atoms with Crippen LogP contribution in [-0.4, -0.2) is 43.9 Å². The largest absolute Gasteiger partial charge is 0.302 e. The Bertz CT molecular complexity index is 946. The Hall–Kier alpha value is -2.47. The van der Waals surface area contributed by atoms with Crippen LogP contribution < -0.4 is 5.56 Å². The van der Waals surface area contributed by atoms with Crippen molar-refractivity contribution in [1.82, 2.24) is 24.2 Å². The van der Waals surface area contributed by atoms with Crippen LogP contribution in [0.3, 0.4) is 0 Å². The average Bonchev–Trinajstić information content (AvgIpc) is 3.24. The third-order valence-electron chi connectivity index (χ3n) is 5.04. The second-order valence-electron chi connectivity index (χ2n) is 6.75. The summed E-state index contributed by atoms with van der Waals surface area (Å²) in [5.74, 6) is 0.659. The van der Waals surface area contributed by atoms with E-state index in [2.05, 4.69) is 10.00 Å². The third kappa shape index (κ3) is 2.98. The summed E-state index contributed by atoms with van der Waals surface area (Å²) in [5, 5.41) is 5.22. The number of rotatable bonds is 4. The van der Waals surface area contributed by atoms with Crippen LogP contribution in [0, 0.1) is 6.92 Å². The molecule has 0 bridgehead atoms. The molecular formula is C19H23N5O. The molecule has 1 aliphatic heterocycles. The number of aryl methyl sites for hydroxylation is 2. The Kier molecular flexibility index (Phi) is 4.13. The lowest BCUT2D eigenvalue weighted by Gasteiger charge is -2.17. The van der Waals surface area contributed by atoms with Gasteiger partial charge >= 0.3 is 0 Å². The standard InChI is InChI=1S/C19H23N5O/c1-14-13-17(21-22(14)2)18-20-16-8-4-3-7-15(16)19(25)24(18)12-11-23-9-5-6-10-23/h3-4,7-8,13H,5-6,9-12H2,1-2H3. The van der Waals surface area contributed by atoms with Crippen LogP contribution in [0.5, 0.6) is 0 Å². The summed E-state index contributed by atoms with van der Waals surface area (Å²) in [7, 11) is 1.91. The molecule has 25 heavy (non-hydrogen) atoms. The van der Waals surface area contributed by atoms with E-state index >= 15 is 0 Å². The van der Waals surface area contributed by atoms with Gasteiger partial charge < -0.3 is 4.90 Å². The quantitative estimate of drug-likeness (QED) is 0.732. The fourth-order valence-electron chi connectivity index (χ4n) is 3.49. The minimum absolute atomic E-state index is 0.0168. The first kappa shape index (κ1) is 16.0. The second kappa shape index (κ2) is 6.44. The van der Waals surface area contributed by atoms with Gasteiger partial charge in [-0.3, -0.25) is 14.0 Å². The zero-order valence-corrected chi connectivity index (χ0v) is 14.8. The van der Waals surface area contributed by atoms with E-state index in [9.17, 15) is 4.79 Å². The maximum atomic E-state index is 13.1. The highest BCUT2D eigenvalue weighted by Gasteiger charge is 2.17. The highest BCUT2D eigenvalue weighted by atomic mass is 16.1. The Morgan fingerprint density at radius 3 is 2.60 bits per heavy atom. The second-order valence-corrected chi connectivity index (χ2v) is 6.75. The molecule has 6 nitrogen and oxygen atoms in total. The van der Waals surface area contributed by atoms with Gasteiger partial charge in [0.05, 0.1) is 10.9 Å². The minimum Gasteiger partial charge on any atom is -0.302 e. The molecule has 0 atom stereocenters. The summed E-state index contributed by atoms with van der Waals surface area (Å²) in [6.07, 6.45) is 2.49. The number of hydrogen-bond donors (Lipinski definition) is 0. The predicted octanol–water partition coefficient (Wildman–Crippen LogP) is 2.20. The van der Waals surface area contributed by atoms with Crippen LogP contribution in [0.4, 0.5) is 0 Å². The van der Waals surface area contributed by atoms with Gasteiger partial charge in [-0.15, -0.1) is 0 Å². The molecule has 0 spiro atoms. The van der Waals surface area contributed by atoms with Crippen molar-refractivity contribution >= 4 is 10.9 Å². The summed E-state index contributed by atoms with van der Waals surface area (Å²) in [6, 6.07) is 9.53. The first-order chi connectivity index (χ1) is 12.1. The molecule has 0 aliphatic carbocycles. The molecule has 2 aromatic heterocycles. The normalized spacial score (nSPS) is 15.3. The molecule has 0 unspecified atom stereocenters. The van der Waals surface area contributed by atoms with Gasteiger partial charge in [0.2, 0.25) is 0 Å². The number of likely N-dealkylation sites (tertiary alicyclic amines) is 1. The van der Waals surface area contributed by atoms with Crippen LogP contribution in [0.1, 0.15) is 18.5 Å². The Morgan fingerprint density at radius 2 is 1.88 bits per heavy atom. The molecule has 0 saturated carbocycles. The predicted molar refractivity (Wildman–Crippen MR) is 98.6 cm³/mol. The van der Waals surface area contributed by atoms with E-state index < -0.39 is 0 Å². The summed E-state index contributed by atoms with van der Waals surface area (Å²) in [6.45, 7) is 5.76. The average molecular weight is 337 g/mol. The van der Waals surface area contributed by atoms with Gasteiger partial charge in [-0.25, -0.2) is 4.98 Å². The molecule has 0 amide bonds. The Balaban J connectivity index is 1.83. The molecule has 4 rings (SSSR count). The molecule has 3 aromatic rings. The first-order valence-corrected chi connectivity index (χ1v) is 8.86. The van der Waals surface area contributed by atoms with Crippen molar-refractivity contribution in [2.75, 3.05) is 19.6 Å². The zero-order chi connectivity index (χ0) is 17.4. The summed E-state index contributed by atoms with van der Waals surface area (Å²) < 4.78 is 3.61. The van der Waals surface area contributed by atoms with Gasteiger partial charge in [-0.1, -0.05) is 12.1 Å². The molecule has 0 N–H and O–H groups in total. The summed E-state index contributed by atoms with van der Waals surface area (Å²) >= 11 is 0. The van der Waals surface area contributed by atoms with Crippen LogP contribution in [0.25, 0.3) is 22.4 Å². The molecule has 3 heterocycles. The van der Waals surface area contributed by atoms with E-state index in [0.717, 1.165) is 36.5 Å². The van der Waals surface area contributed by atoms with Crippen molar-refractivity contribution in [3.05, 3.63) is 46.4 Å². The van der Waals surface area contributed by atoms with Crippen molar-refractivity contribution in [3.63, 3.8) is 0 Å². The van der Waals surface area contributed by atoms with E-state index in [-0.39, 0.29) is 5.56 Å². The monoisotopic (exact) mass is 337 g/mol. The molecule has 1 aromatic carbocycles. The molecule has 1 aliphatic rings. The van der Waals surface area contributed by atoms with E-state index in [1.54, 1.807) is 4.57 Å². The highest BCUT2D eigenvalue weighted by Crippen LogP contribution is 2.19. The topological polar surface area (TPSA) is 56.0 Å². The van der Waals surface area contributed by atoms with Crippen LogP contribution >= 0.6 is 0 Å². The lowest BCUT2D eigenvalue weighted by molar-refractivity contribution is 0.321. The number of para-hydroxylation sites is 1. The molecule has 130 valence electrons. The van der Waals surface area contributed by atoms with Crippen molar-refractivity contribution in [2.24, 2.45) is 7.05 Å².